The quantitative estimate of drug-likeness (QED) is 0.421. The molecule has 0 aliphatic carbocycles. The van der Waals surface area contributed by atoms with Crippen molar-refractivity contribution in [3.05, 3.63) is 54.3 Å². The summed E-state index contributed by atoms with van der Waals surface area (Å²) in [6.45, 7) is 2.98. The van der Waals surface area contributed by atoms with E-state index in [0.29, 0.717) is 11.3 Å². The normalized spacial score (nSPS) is 11.6. The maximum atomic E-state index is 13.4. The van der Waals surface area contributed by atoms with Crippen LogP contribution in [0.5, 0.6) is 0 Å². The maximum absolute atomic E-state index is 13.4. The second kappa shape index (κ2) is 9.50. The molecule has 154 valence electrons. The van der Waals surface area contributed by atoms with Crippen molar-refractivity contribution in [2.45, 2.75) is 37.5 Å². The van der Waals surface area contributed by atoms with E-state index in [1.165, 1.54) is 42.6 Å². The van der Waals surface area contributed by atoms with Crippen LogP contribution in [0.1, 0.15) is 32.6 Å². The zero-order valence-electron chi connectivity index (χ0n) is 16.6. The lowest BCUT2D eigenvalue weighted by Gasteiger charge is -2.08. The lowest BCUT2D eigenvalue weighted by atomic mass is 10.1. The first-order valence-electron chi connectivity index (χ1n) is 9.70. The summed E-state index contributed by atoms with van der Waals surface area (Å²) in [5, 5.41) is 4.09. The predicted octanol–water partition coefficient (Wildman–Crippen LogP) is 6.01. The highest BCUT2D eigenvalue weighted by Crippen LogP contribution is 2.41. The van der Waals surface area contributed by atoms with Crippen LogP contribution in [0, 0.1) is 5.82 Å². The highest BCUT2D eigenvalue weighted by Gasteiger charge is 2.21. The van der Waals surface area contributed by atoms with Gasteiger partial charge in [0.1, 0.15) is 5.82 Å². The van der Waals surface area contributed by atoms with E-state index in [2.05, 4.69) is 12.2 Å². The standard InChI is InChI=1S/C22H25FN2O2S2/c1-3-4-5-8-15-24-22-25-20(16-11-13-17(23)14-12-16)21(28-22)18-9-6-7-10-19(18)29(2,26)27/h6-7,9-14H,3-5,8,15H2,1-2H3,(H,24,25). The fraction of sp³-hybridized carbons (Fsp3) is 0.318. The molecule has 0 spiro atoms. The number of nitrogens with zero attached hydrogens (tertiary/aromatic N) is 1. The molecule has 0 saturated carbocycles. The summed E-state index contributed by atoms with van der Waals surface area (Å²) in [4.78, 5) is 5.74. The molecule has 0 radical (unpaired) electrons. The summed E-state index contributed by atoms with van der Waals surface area (Å²) in [5.41, 5.74) is 2.02. The minimum Gasteiger partial charge on any atom is -0.361 e. The molecular weight excluding hydrogens is 407 g/mol. The smallest absolute Gasteiger partial charge is 0.183 e. The summed E-state index contributed by atoms with van der Waals surface area (Å²) >= 11 is 1.43. The molecule has 0 bridgehead atoms. The molecule has 0 unspecified atom stereocenters. The molecule has 1 aromatic heterocycles. The van der Waals surface area contributed by atoms with Crippen LogP contribution in [0.3, 0.4) is 0 Å². The molecule has 0 amide bonds. The Hall–Kier alpha value is -2.25. The Labute approximate surface area is 175 Å². The number of sulfone groups is 1. The van der Waals surface area contributed by atoms with Gasteiger partial charge < -0.3 is 5.32 Å². The Morgan fingerprint density at radius 2 is 1.76 bits per heavy atom. The Kier molecular flexibility index (Phi) is 7.03. The van der Waals surface area contributed by atoms with Gasteiger partial charge in [-0.1, -0.05) is 55.7 Å². The van der Waals surface area contributed by atoms with Crippen molar-refractivity contribution in [2.24, 2.45) is 0 Å². The van der Waals surface area contributed by atoms with Gasteiger partial charge in [-0.15, -0.1) is 0 Å². The van der Waals surface area contributed by atoms with E-state index in [1.807, 2.05) is 6.07 Å². The van der Waals surface area contributed by atoms with Gasteiger partial charge in [-0.25, -0.2) is 17.8 Å². The summed E-state index contributed by atoms with van der Waals surface area (Å²) in [6, 6.07) is 13.0. The molecule has 4 nitrogen and oxygen atoms in total. The zero-order chi connectivity index (χ0) is 20.9. The topological polar surface area (TPSA) is 59.1 Å². The van der Waals surface area contributed by atoms with E-state index in [4.69, 9.17) is 4.98 Å². The molecule has 0 aliphatic heterocycles. The number of anilines is 1. The Bertz CT molecular complexity index is 1060. The van der Waals surface area contributed by atoms with Gasteiger partial charge in [-0.05, 0) is 36.8 Å². The zero-order valence-corrected chi connectivity index (χ0v) is 18.2. The highest BCUT2D eigenvalue weighted by molar-refractivity contribution is 7.90. The molecule has 0 fully saturated rings. The first kappa shape index (κ1) is 21.5. The van der Waals surface area contributed by atoms with Crippen molar-refractivity contribution < 1.29 is 12.8 Å². The van der Waals surface area contributed by atoms with Crippen molar-refractivity contribution in [2.75, 3.05) is 18.1 Å². The molecule has 1 heterocycles. The minimum absolute atomic E-state index is 0.265. The van der Waals surface area contributed by atoms with E-state index < -0.39 is 9.84 Å². The number of unbranched alkanes of at least 4 members (excludes halogenated alkanes) is 3. The van der Waals surface area contributed by atoms with Gasteiger partial charge in [0.2, 0.25) is 0 Å². The lowest BCUT2D eigenvalue weighted by Crippen LogP contribution is -2.00. The second-order valence-corrected chi connectivity index (χ2v) is 9.94. The first-order valence-corrected chi connectivity index (χ1v) is 12.4. The number of hydrogen-bond donors (Lipinski definition) is 1. The first-order chi connectivity index (χ1) is 13.9. The Morgan fingerprint density at radius 1 is 1.03 bits per heavy atom. The van der Waals surface area contributed by atoms with Crippen molar-refractivity contribution in [3.63, 3.8) is 0 Å². The molecule has 29 heavy (non-hydrogen) atoms. The Morgan fingerprint density at radius 3 is 2.45 bits per heavy atom. The van der Waals surface area contributed by atoms with Crippen LogP contribution >= 0.6 is 11.3 Å². The molecule has 0 saturated heterocycles. The molecule has 3 rings (SSSR count). The maximum Gasteiger partial charge on any atom is 0.183 e. The van der Waals surface area contributed by atoms with E-state index in [1.54, 1.807) is 30.3 Å². The van der Waals surface area contributed by atoms with Crippen LogP contribution in [0.25, 0.3) is 21.7 Å². The second-order valence-electron chi connectivity index (χ2n) is 6.96. The number of aromatic nitrogens is 1. The molecule has 2 aromatic carbocycles. The van der Waals surface area contributed by atoms with Crippen LogP contribution < -0.4 is 5.32 Å². The fourth-order valence-corrected chi connectivity index (χ4v) is 5.12. The predicted molar refractivity (Wildman–Crippen MR) is 119 cm³/mol. The number of rotatable bonds is 9. The third kappa shape index (κ3) is 5.42. The summed E-state index contributed by atoms with van der Waals surface area (Å²) < 4.78 is 38.0. The van der Waals surface area contributed by atoms with Crippen LogP contribution in [0.4, 0.5) is 9.52 Å². The van der Waals surface area contributed by atoms with Crippen molar-refractivity contribution in [3.8, 4) is 21.7 Å². The van der Waals surface area contributed by atoms with Gasteiger partial charge in [-0.2, -0.15) is 0 Å². The van der Waals surface area contributed by atoms with E-state index in [0.717, 1.165) is 35.0 Å². The van der Waals surface area contributed by atoms with Gasteiger partial charge in [0.15, 0.2) is 15.0 Å². The lowest BCUT2D eigenvalue weighted by molar-refractivity contribution is 0.602. The van der Waals surface area contributed by atoms with E-state index >= 15 is 0 Å². The van der Waals surface area contributed by atoms with Gasteiger partial charge in [0.05, 0.1) is 15.5 Å². The van der Waals surface area contributed by atoms with Gasteiger partial charge in [0, 0.05) is 23.9 Å². The third-order valence-electron chi connectivity index (χ3n) is 4.58. The van der Waals surface area contributed by atoms with E-state index in [9.17, 15) is 12.8 Å². The third-order valence-corrected chi connectivity index (χ3v) is 6.78. The van der Waals surface area contributed by atoms with Gasteiger partial charge in [0.25, 0.3) is 0 Å². The molecule has 0 atom stereocenters. The SMILES string of the molecule is CCCCCCNc1nc(-c2ccc(F)cc2)c(-c2ccccc2S(C)(=O)=O)s1. The molecule has 7 heteroatoms. The number of thiazole rings is 1. The molecule has 1 N–H and O–H groups in total. The van der Waals surface area contributed by atoms with Crippen molar-refractivity contribution in [1.82, 2.24) is 4.98 Å². The van der Waals surface area contributed by atoms with Crippen LogP contribution in [0.15, 0.2) is 53.4 Å². The van der Waals surface area contributed by atoms with Crippen LogP contribution in [-0.2, 0) is 9.84 Å². The van der Waals surface area contributed by atoms with Crippen molar-refractivity contribution in [1.29, 1.82) is 0 Å². The highest BCUT2D eigenvalue weighted by atomic mass is 32.2. The average molecular weight is 433 g/mol. The monoisotopic (exact) mass is 432 g/mol. The summed E-state index contributed by atoms with van der Waals surface area (Å²) in [7, 11) is -3.41. The molecular formula is C22H25FN2O2S2. The largest absolute Gasteiger partial charge is 0.361 e. The van der Waals surface area contributed by atoms with Crippen LogP contribution in [-0.4, -0.2) is 26.2 Å². The van der Waals surface area contributed by atoms with Gasteiger partial charge >= 0.3 is 0 Å². The number of hydrogen-bond acceptors (Lipinski definition) is 5. The van der Waals surface area contributed by atoms with E-state index in [-0.39, 0.29) is 10.7 Å². The average Bonchev–Trinajstić information content (AvgIpc) is 3.12. The molecule has 3 aromatic rings. The van der Waals surface area contributed by atoms with Crippen molar-refractivity contribution >= 4 is 26.3 Å². The fourth-order valence-electron chi connectivity index (χ4n) is 3.11. The summed E-state index contributed by atoms with van der Waals surface area (Å²) in [5.74, 6) is -0.323. The van der Waals surface area contributed by atoms with Crippen LogP contribution in [0.2, 0.25) is 0 Å². The molecule has 0 aliphatic rings. The number of halogens is 1. The van der Waals surface area contributed by atoms with Gasteiger partial charge in [-0.3, -0.25) is 0 Å². The summed E-state index contributed by atoms with van der Waals surface area (Å²) in [6.07, 6.45) is 5.79. The Balaban J connectivity index is 2.02. The number of benzene rings is 2. The number of nitrogens with one attached hydrogen (secondary N) is 1. The minimum atomic E-state index is -3.41.